The number of rotatable bonds is 16. The Bertz CT molecular complexity index is 280. The molecule has 1 amide bonds. The summed E-state index contributed by atoms with van der Waals surface area (Å²) in [5.74, 6) is -1.06. The second-order valence-electron chi connectivity index (χ2n) is 6.13. The van der Waals surface area contributed by atoms with E-state index in [0.717, 1.165) is 12.8 Å². The summed E-state index contributed by atoms with van der Waals surface area (Å²) in [7, 11) is 0. The summed E-state index contributed by atoms with van der Waals surface area (Å²) in [6.07, 6.45) is 15.6. The average molecular weight is 313 g/mol. The molecule has 4 nitrogen and oxygen atoms in total. The lowest BCUT2D eigenvalue weighted by atomic mass is 10.1. The van der Waals surface area contributed by atoms with Crippen molar-refractivity contribution in [1.29, 1.82) is 0 Å². The van der Waals surface area contributed by atoms with Gasteiger partial charge in [-0.2, -0.15) is 0 Å². The third-order valence-corrected chi connectivity index (χ3v) is 3.92. The second kappa shape index (κ2) is 16.3. The molecule has 0 aromatic heterocycles. The first-order valence-corrected chi connectivity index (χ1v) is 9.15. The Kier molecular flexibility index (Phi) is 15.5. The van der Waals surface area contributed by atoms with E-state index in [1.807, 2.05) is 0 Å². The molecule has 2 N–H and O–H groups in total. The molecule has 0 aliphatic carbocycles. The maximum absolute atomic E-state index is 11.3. The van der Waals surface area contributed by atoms with Crippen LogP contribution in [0.5, 0.6) is 0 Å². The van der Waals surface area contributed by atoms with Crippen LogP contribution in [0.25, 0.3) is 0 Å². The van der Waals surface area contributed by atoms with E-state index in [4.69, 9.17) is 5.11 Å². The summed E-state index contributed by atoms with van der Waals surface area (Å²) in [5, 5.41) is 11.2. The summed E-state index contributed by atoms with van der Waals surface area (Å²) in [6, 6.07) is 0. The zero-order chi connectivity index (χ0) is 16.5. The van der Waals surface area contributed by atoms with Crippen LogP contribution >= 0.6 is 0 Å². The van der Waals surface area contributed by atoms with Gasteiger partial charge in [-0.1, -0.05) is 77.6 Å². The predicted octanol–water partition coefficient (Wildman–Crippen LogP) is 4.67. The standard InChI is InChI=1S/C18H35NO3/c1-2-3-4-5-6-7-8-9-10-11-12-13-16-19-17(20)14-15-18(21)22/h2-16H2,1H3,(H,19,20)(H,21,22). The first-order valence-electron chi connectivity index (χ1n) is 9.15. The smallest absolute Gasteiger partial charge is 0.303 e. The zero-order valence-electron chi connectivity index (χ0n) is 14.4. The van der Waals surface area contributed by atoms with Gasteiger partial charge in [-0.15, -0.1) is 0 Å². The van der Waals surface area contributed by atoms with Gasteiger partial charge >= 0.3 is 5.97 Å². The molecule has 0 radical (unpaired) electrons. The molecule has 130 valence electrons. The number of unbranched alkanes of at least 4 members (excludes halogenated alkanes) is 11. The van der Waals surface area contributed by atoms with Gasteiger partial charge in [0.15, 0.2) is 0 Å². The van der Waals surface area contributed by atoms with E-state index in [2.05, 4.69) is 12.2 Å². The van der Waals surface area contributed by atoms with E-state index in [1.54, 1.807) is 0 Å². The number of carboxylic acid groups (broad SMARTS) is 1. The van der Waals surface area contributed by atoms with Gasteiger partial charge in [-0.3, -0.25) is 9.59 Å². The molecule has 0 aromatic rings. The van der Waals surface area contributed by atoms with E-state index >= 15 is 0 Å². The van der Waals surface area contributed by atoms with Crippen molar-refractivity contribution < 1.29 is 14.7 Å². The Labute approximate surface area is 136 Å². The van der Waals surface area contributed by atoms with Crippen molar-refractivity contribution >= 4 is 11.9 Å². The largest absolute Gasteiger partial charge is 0.481 e. The highest BCUT2D eigenvalue weighted by Crippen LogP contribution is 2.11. The molecule has 0 aliphatic heterocycles. The van der Waals surface area contributed by atoms with Crippen molar-refractivity contribution in [2.45, 2.75) is 96.8 Å². The fraction of sp³-hybridized carbons (Fsp3) is 0.889. The number of carboxylic acids is 1. The third-order valence-electron chi connectivity index (χ3n) is 3.92. The van der Waals surface area contributed by atoms with Crippen molar-refractivity contribution in [1.82, 2.24) is 5.32 Å². The summed E-state index contributed by atoms with van der Waals surface area (Å²) in [6.45, 7) is 2.93. The molecule has 0 bridgehead atoms. The van der Waals surface area contributed by atoms with Crippen molar-refractivity contribution in [2.75, 3.05) is 6.54 Å². The van der Waals surface area contributed by atoms with Crippen LogP contribution in [-0.2, 0) is 9.59 Å². The summed E-state index contributed by atoms with van der Waals surface area (Å²) < 4.78 is 0. The van der Waals surface area contributed by atoms with Crippen LogP contribution in [0.3, 0.4) is 0 Å². The summed E-state index contributed by atoms with van der Waals surface area (Å²) in [5.41, 5.74) is 0. The molecule has 0 unspecified atom stereocenters. The minimum Gasteiger partial charge on any atom is -0.481 e. The topological polar surface area (TPSA) is 66.4 Å². The Morgan fingerprint density at radius 2 is 1.18 bits per heavy atom. The van der Waals surface area contributed by atoms with Gasteiger partial charge in [0.1, 0.15) is 0 Å². The quantitative estimate of drug-likeness (QED) is 0.407. The minimum absolute atomic E-state index is 0.0791. The van der Waals surface area contributed by atoms with Gasteiger partial charge < -0.3 is 10.4 Å². The number of hydrogen-bond acceptors (Lipinski definition) is 2. The van der Waals surface area contributed by atoms with Crippen molar-refractivity contribution in [3.05, 3.63) is 0 Å². The van der Waals surface area contributed by atoms with Crippen LogP contribution in [0.4, 0.5) is 0 Å². The van der Waals surface area contributed by atoms with Crippen LogP contribution in [-0.4, -0.2) is 23.5 Å². The molecule has 22 heavy (non-hydrogen) atoms. The maximum Gasteiger partial charge on any atom is 0.303 e. The maximum atomic E-state index is 11.3. The molecule has 0 heterocycles. The van der Waals surface area contributed by atoms with Gasteiger partial charge in [-0.25, -0.2) is 0 Å². The molecule has 0 aromatic carbocycles. The summed E-state index contributed by atoms with van der Waals surface area (Å²) in [4.78, 5) is 21.6. The van der Waals surface area contributed by atoms with Gasteiger partial charge in [0.25, 0.3) is 0 Å². The SMILES string of the molecule is CCCCCCCCCCCCCCNC(=O)CCC(=O)O. The van der Waals surface area contributed by atoms with Gasteiger partial charge in [0.2, 0.25) is 5.91 Å². The van der Waals surface area contributed by atoms with Crippen LogP contribution in [0.1, 0.15) is 96.8 Å². The normalized spacial score (nSPS) is 10.6. The highest BCUT2D eigenvalue weighted by molar-refractivity contribution is 5.80. The van der Waals surface area contributed by atoms with Gasteiger partial charge in [-0.05, 0) is 6.42 Å². The first kappa shape index (κ1) is 20.9. The molecule has 0 rings (SSSR count). The highest BCUT2D eigenvalue weighted by Gasteiger charge is 2.03. The van der Waals surface area contributed by atoms with Crippen molar-refractivity contribution in [3.8, 4) is 0 Å². The molecule has 0 spiro atoms. The molecule has 0 saturated heterocycles. The number of nitrogens with one attached hydrogen (secondary N) is 1. The predicted molar refractivity (Wildman–Crippen MR) is 91.0 cm³/mol. The number of hydrogen-bond donors (Lipinski definition) is 2. The number of aliphatic carboxylic acids is 1. The van der Waals surface area contributed by atoms with E-state index in [-0.39, 0.29) is 18.7 Å². The Morgan fingerprint density at radius 3 is 1.64 bits per heavy atom. The molecule has 0 aliphatic rings. The fourth-order valence-electron chi connectivity index (χ4n) is 2.50. The minimum atomic E-state index is -0.916. The molecule has 0 fully saturated rings. The number of carbonyl (C=O) groups excluding carboxylic acids is 1. The summed E-state index contributed by atoms with van der Waals surface area (Å²) >= 11 is 0. The molecular weight excluding hydrogens is 278 g/mol. The highest BCUT2D eigenvalue weighted by atomic mass is 16.4. The van der Waals surface area contributed by atoms with Crippen molar-refractivity contribution in [3.63, 3.8) is 0 Å². The van der Waals surface area contributed by atoms with E-state index in [1.165, 1.54) is 64.2 Å². The number of carbonyl (C=O) groups is 2. The van der Waals surface area contributed by atoms with Crippen LogP contribution in [0, 0.1) is 0 Å². The van der Waals surface area contributed by atoms with Crippen LogP contribution in [0.15, 0.2) is 0 Å². The molecular formula is C18H35NO3. The molecule has 0 saturated carbocycles. The Morgan fingerprint density at radius 1 is 0.727 bits per heavy atom. The fourth-order valence-corrected chi connectivity index (χ4v) is 2.50. The van der Waals surface area contributed by atoms with Crippen LogP contribution in [0.2, 0.25) is 0 Å². The lowest BCUT2D eigenvalue weighted by Crippen LogP contribution is -2.24. The van der Waals surface area contributed by atoms with Gasteiger partial charge in [0.05, 0.1) is 6.42 Å². The van der Waals surface area contributed by atoms with E-state index < -0.39 is 5.97 Å². The van der Waals surface area contributed by atoms with Crippen molar-refractivity contribution in [2.24, 2.45) is 0 Å². The van der Waals surface area contributed by atoms with E-state index in [9.17, 15) is 9.59 Å². The zero-order valence-corrected chi connectivity index (χ0v) is 14.4. The molecule has 0 atom stereocenters. The molecule has 4 heteroatoms. The average Bonchev–Trinajstić information content (AvgIpc) is 2.49. The van der Waals surface area contributed by atoms with Gasteiger partial charge in [0, 0.05) is 13.0 Å². The Balaban J connectivity index is 3.11. The monoisotopic (exact) mass is 313 g/mol. The van der Waals surface area contributed by atoms with Crippen LogP contribution < -0.4 is 5.32 Å². The second-order valence-corrected chi connectivity index (χ2v) is 6.13. The Hall–Kier alpha value is -1.06. The first-order chi connectivity index (χ1) is 10.7. The number of amides is 1. The lowest BCUT2D eigenvalue weighted by molar-refractivity contribution is -0.138. The third kappa shape index (κ3) is 17.0. The lowest BCUT2D eigenvalue weighted by Gasteiger charge is -2.05. The van der Waals surface area contributed by atoms with E-state index in [0.29, 0.717) is 6.54 Å².